The summed E-state index contributed by atoms with van der Waals surface area (Å²) in [4.78, 5) is 35.6. The molecular weight excluding hydrogens is 256 g/mol. The standard InChI is InChI=1S/C11H14N2O6/c14-2-1-6-4-13(11(18)12-10(6)17)9-3-7(16)8(5-15)19-9/h2,4,7-9,15-16H,1,3,5H2,(H,12,17,18)/t7-,8+,9+/m0/s1. The molecule has 104 valence electrons. The maximum atomic E-state index is 11.7. The minimum Gasteiger partial charge on any atom is -0.394 e. The van der Waals surface area contributed by atoms with Crippen LogP contribution >= 0.6 is 0 Å². The number of nitrogens with zero attached hydrogens (tertiary/aromatic N) is 1. The highest BCUT2D eigenvalue weighted by atomic mass is 16.5. The summed E-state index contributed by atoms with van der Waals surface area (Å²) in [6.45, 7) is -0.364. The van der Waals surface area contributed by atoms with E-state index in [9.17, 15) is 19.5 Å². The fraction of sp³-hybridized carbons (Fsp3) is 0.545. The molecule has 1 fully saturated rings. The van der Waals surface area contributed by atoms with Gasteiger partial charge in [0.2, 0.25) is 0 Å². The highest BCUT2D eigenvalue weighted by molar-refractivity contribution is 5.54. The van der Waals surface area contributed by atoms with Gasteiger partial charge < -0.3 is 19.7 Å². The summed E-state index contributed by atoms with van der Waals surface area (Å²) in [5, 5.41) is 18.6. The third-order valence-corrected chi connectivity index (χ3v) is 3.04. The van der Waals surface area contributed by atoms with E-state index in [1.54, 1.807) is 0 Å². The Kier molecular flexibility index (Phi) is 3.93. The number of hydrogen-bond donors (Lipinski definition) is 3. The predicted octanol–water partition coefficient (Wildman–Crippen LogP) is -2.08. The average Bonchev–Trinajstić information content (AvgIpc) is 2.74. The lowest BCUT2D eigenvalue weighted by Gasteiger charge is -2.14. The molecule has 19 heavy (non-hydrogen) atoms. The maximum absolute atomic E-state index is 11.7. The number of aromatic amines is 1. The molecule has 0 aliphatic carbocycles. The van der Waals surface area contributed by atoms with Crippen LogP contribution in [0.15, 0.2) is 15.8 Å². The average molecular weight is 270 g/mol. The summed E-state index contributed by atoms with van der Waals surface area (Å²) in [5.74, 6) is 0. The number of hydrogen-bond acceptors (Lipinski definition) is 6. The van der Waals surface area contributed by atoms with Crippen LogP contribution in [0.5, 0.6) is 0 Å². The minimum atomic E-state index is -0.886. The van der Waals surface area contributed by atoms with E-state index in [0.717, 1.165) is 4.57 Å². The SMILES string of the molecule is O=CCc1cn([C@H]2C[C@H](O)[C@@H](CO)O2)c(=O)[nH]c1=O. The monoisotopic (exact) mass is 270 g/mol. The molecule has 0 aromatic carbocycles. The number of rotatable bonds is 4. The van der Waals surface area contributed by atoms with E-state index >= 15 is 0 Å². The lowest BCUT2D eigenvalue weighted by atomic mass is 10.2. The van der Waals surface area contributed by atoms with E-state index in [2.05, 4.69) is 4.98 Å². The van der Waals surface area contributed by atoms with Crippen LogP contribution in [-0.2, 0) is 16.0 Å². The predicted molar refractivity (Wildman–Crippen MR) is 62.7 cm³/mol. The fourth-order valence-electron chi connectivity index (χ4n) is 2.03. The molecule has 8 heteroatoms. The molecule has 2 rings (SSSR count). The first-order valence-electron chi connectivity index (χ1n) is 5.79. The number of ether oxygens (including phenoxy) is 1. The third kappa shape index (κ3) is 2.65. The van der Waals surface area contributed by atoms with Crippen LogP contribution < -0.4 is 11.2 Å². The van der Waals surface area contributed by atoms with Gasteiger partial charge in [-0.1, -0.05) is 0 Å². The van der Waals surface area contributed by atoms with E-state index in [1.165, 1.54) is 6.20 Å². The van der Waals surface area contributed by atoms with Crippen LogP contribution in [0.2, 0.25) is 0 Å². The Labute approximate surface area is 107 Å². The van der Waals surface area contributed by atoms with Crippen LogP contribution in [0.3, 0.4) is 0 Å². The van der Waals surface area contributed by atoms with Gasteiger partial charge in [0.25, 0.3) is 5.56 Å². The van der Waals surface area contributed by atoms with Crippen molar-refractivity contribution in [3.8, 4) is 0 Å². The highest BCUT2D eigenvalue weighted by Gasteiger charge is 2.35. The Morgan fingerprint density at radius 3 is 2.84 bits per heavy atom. The highest BCUT2D eigenvalue weighted by Crippen LogP contribution is 2.27. The van der Waals surface area contributed by atoms with Gasteiger partial charge in [0.15, 0.2) is 0 Å². The zero-order chi connectivity index (χ0) is 14.0. The number of aldehydes is 1. The summed E-state index contributed by atoms with van der Waals surface area (Å²) >= 11 is 0. The zero-order valence-corrected chi connectivity index (χ0v) is 9.98. The van der Waals surface area contributed by atoms with E-state index in [4.69, 9.17) is 9.84 Å². The van der Waals surface area contributed by atoms with Crippen molar-refractivity contribution in [2.45, 2.75) is 31.3 Å². The molecule has 1 aromatic heterocycles. The van der Waals surface area contributed by atoms with Crippen LogP contribution in [-0.4, -0.2) is 44.9 Å². The topological polar surface area (TPSA) is 122 Å². The number of aliphatic hydroxyl groups is 2. The molecule has 0 unspecified atom stereocenters. The summed E-state index contributed by atoms with van der Waals surface area (Å²) < 4.78 is 6.43. The lowest BCUT2D eigenvalue weighted by molar-refractivity contribution is -0.107. The molecule has 1 aliphatic heterocycles. The number of nitrogens with one attached hydrogen (secondary N) is 1. The second-order valence-electron chi connectivity index (χ2n) is 4.31. The van der Waals surface area contributed by atoms with E-state index in [-0.39, 0.29) is 25.0 Å². The van der Waals surface area contributed by atoms with Crippen LogP contribution in [0, 0.1) is 0 Å². The van der Waals surface area contributed by atoms with Crippen molar-refractivity contribution in [1.29, 1.82) is 0 Å². The molecule has 1 aliphatic rings. The molecule has 1 saturated heterocycles. The van der Waals surface area contributed by atoms with Crippen LogP contribution in [0.1, 0.15) is 18.2 Å². The molecule has 1 aromatic rings. The van der Waals surface area contributed by atoms with Gasteiger partial charge in [0, 0.05) is 24.6 Å². The minimum absolute atomic E-state index is 0.117. The van der Waals surface area contributed by atoms with E-state index in [1.807, 2.05) is 0 Å². The first kappa shape index (κ1) is 13.7. The lowest BCUT2D eigenvalue weighted by Crippen LogP contribution is -2.34. The summed E-state index contributed by atoms with van der Waals surface area (Å²) in [6.07, 6.45) is -0.623. The van der Waals surface area contributed by atoms with Crippen molar-refractivity contribution in [3.05, 3.63) is 32.6 Å². The largest absolute Gasteiger partial charge is 0.394 e. The first-order chi connectivity index (χ1) is 9.06. The van der Waals surface area contributed by atoms with Gasteiger partial charge in [-0.25, -0.2) is 4.79 Å². The first-order valence-corrected chi connectivity index (χ1v) is 5.79. The van der Waals surface area contributed by atoms with Gasteiger partial charge in [-0.2, -0.15) is 0 Å². The van der Waals surface area contributed by atoms with Gasteiger partial charge in [-0.05, 0) is 0 Å². The molecule has 0 bridgehead atoms. The Bertz CT molecular complexity index is 577. The molecule has 3 N–H and O–H groups in total. The molecule has 0 radical (unpaired) electrons. The molecule has 3 atom stereocenters. The van der Waals surface area contributed by atoms with Gasteiger partial charge in [-0.3, -0.25) is 14.3 Å². The van der Waals surface area contributed by atoms with E-state index < -0.39 is 29.7 Å². The van der Waals surface area contributed by atoms with E-state index in [0.29, 0.717) is 6.29 Å². The molecule has 0 spiro atoms. The molecule has 0 amide bonds. The van der Waals surface area contributed by atoms with Crippen molar-refractivity contribution in [1.82, 2.24) is 9.55 Å². The smallest absolute Gasteiger partial charge is 0.330 e. The second kappa shape index (κ2) is 5.47. The van der Waals surface area contributed by atoms with Crippen molar-refractivity contribution in [2.75, 3.05) is 6.61 Å². The molecule has 0 saturated carbocycles. The van der Waals surface area contributed by atoms with Crippen molar-refractivity contribution in [3.63, 3.8) is 0 Å². The zero-order valence-electron chi connectivity index (χ0n) is 9.98. The van der Waals surface area contributed by atoms with Crippen LogP contribution in [0.25, 0.3) is 0 Å². The number of aromatic nitrogens is 2. The van der Waals surface area contributed by atoms with Gasteiger partial charge in [-0.15, -0.1) is 0 Å². The number of carbonyl (C=O) groups is 1. The van der Waals surface area contributed by atoms with Crippen molar-refractivity contribution >= 4 is 6.29 Å². The number of carbonyl (C=O) groups excluding carboxylic acids is 1. The second-order valence-corrected chi connectivity index (χ2v) is 4.31. The normalized spacial score (nSPS) is 26.5. The van der Waals surface area contributed by atoms with Crippen molar-refractivity contribution in [2.24, 2.45) is 0 Å². The summed E-state index contributed by atoms with van der Waals surface area (Å²) in [6, 6.07) is 0. The Hall–Kier alpha value is -1.77. The Balaban J connectivity index is 2.35. The third-order valence-electron chi connectivity index (χ3n) is 3.04. The number of H-pyrrole nitrogens is 1. The molecule has 2 heterocycles. The maximum Gasteiger partial charge on any atom is 0.330 e. The number of aliphatic hydroxyl groups excluding tert-OH is 2. The molecule has 8 nitrogen and oxygen atoms in total. The van der Waals surface area contributed by atoms with Crippen molar-refractivity contribution < 1.29 is 19.7 Å². The quantitative estimate of drug-likeness (QED) is 0.540. The summed E-state index contributed by atoms with van der Waals surface area (Å²) in [5.41, 5.74) is -1.17. The van der Waals surface area contributed by atoms with Gasteiger partial charge in [0.05, 0.1) is 12.7 Å². The molecular formula is C11H14N2O6. The Morgan fingerprint density at radius 2 is 2.26 bits per heavy atom. The van der Waals surface area contributed by atoms with Gasteiger partial charge >= 0.3 is 5.69 Å². The van der Waals surface area contributed by atoms with Crippen LogP contribution in [0.4, 0.5) is 0 Å². The fourth-order valence-corrected chi connectivity index (χ4v) is 2.03. The summed E-state index contributed by atoms with van der Waals surface area (Å²) in [7, 11) is 0. The van der Waals surface area contributed by atoms with Gasteiger partial charge in [0.1, 0.15) is 18.6 Å². The Morgan fingerprint density at radius 1 is 1.53 bits per heavy atom.